The van der Waals surface area contributed by atoms with Gasteiger partial charge in [-0.05, 0) is 20.3 Å². The fourth-order valence-corrected chi connectivity index (χ4v) is 1.62. The number of aromatic nitrogens is 2. The Kier molecular flexibility index (Phi) is 3.22. The van der Waals surface area contributed by atoms with Gasteiger partial charge in [0.1, 0.15) is 5.15 Å². The first-order chi connectivity index (χ1) is 6.37. The number of nitrogens with zero attached hydrogens (tertiary/aromatic N) is 2. The highest BCUT2D eigenvalue weighted by Gasteiger charge is 2.23. The van der Waals surface area contributed by atoms with Crippen LogP contribution in [0.4, 0.5) is 0 Å². The van der Waals surface area contributed by atoms with Crippen LogP contribution in [0.5, 0.6) is 0 Å². The fourth-order valence-electron chi connectivity index (χ4n) is 1.38. The molecule has 1 atom stereocenters. The minimum Gasteiger partial charge on any atom is -0.390 e. The largest absolute Gasteiger partial charge is 0.390 e. The molecular weight excluding hydrogens is 200 g/mol. The van der Waals surface area contributed by atoms with E-state index < -0.39 is 5.60 Å². The molecular formula is C10H17ClN2O. The Morgan fingerprint density at radius 3 is 2.50 bits per heavy atom. The van der Waals surface area contributed by atoms with Crippen molar-refractivity contribution in [2.24, 2.45) is 7.05 Å². The summed E-state index contributed by atoms with van der Waals surface area (Å²) in [6.45, 7) is 5.68. The molecule has 80 valence electrons. The molecule has 1 aromatic rings. The molecule has 0 aliphatic carbocycles. The molecule has 0 saturated heterocycles. The quantitative estimate of drug-likeness (QED) is 0.840. The molecule has 1 heterocycles. The van der Waals surface area contributed by atoms with Crippen molar-refractivity contribution in [1.29, 1.82) is 0 Å². The molecule has 0 amide bonds. The lowest BCUT2D eigenvalue weighted by Crippen LogP contribution is -2.26. The van der Waals surface area contributed by atoms with Crippen molar-refractivity contribution in [3.63, 3.8) is 0 Å². The second-order valence-electron chi connectivity index (χ2n) is 4.01. The van der Waals surface area contributed by atoms with Crippen LogP contribution in [0.1, 0.15) is 31.5 Å². The highest BCUT2D eigenvalue weighted by atomic mass is 35.5. The lowest BCUT2D eigenvalue weighted by molar-refractivity contribution is 0.0563. The summed E-state index contributed by atoms with van der Waals surface area (Å²) in [5.74, 6) is 0. The molecule has 14 heavy (non-hydrogen) atoms. The average Bonchev–Trinajstić information content (AvgIpc) is 2.32. The first-order valence-electron chi connectivity index (χ1n) is 4.77. The number of hydrogen-bond donors (Lipinski definition) is 1. The van der Waals surface area contributed by atoms with E-state index in [2.05, 4.69) is 5.10 Å². The van der Waals surface area contributed by atoms with Gasteiger partial charge in [-0.25, -0.2) is 0 Å². The van der Waals surface area contributed by atoms with E-state index in [1.54, 1.807) is 11.7 Å². The second-order valence-corrected chi connectivity index (χ2v) is 4.36. The van der Waals surface area contributed by atoms with E-state index >= 15 is 0 Å². The number of aryl methyl sites for hydroxylation is 2. The van der Waals surface area contributed by atoms with Crippen LogP contribution in [0.3, 0.4) is 0 Å². The zero-order valence-corrected chi connectivity index (χ0v) is 9.89. The summed E-state index contributed by atoms with van der Waals surface area (Å²) >= 11 is 6.07. The maximum Gasteiger partial charge on any atom is 0.130 e. The van der Waals surface area contributed by atoms with E-state index in [0.717, 1.165) is 11.3 Å². The molecule has 0 fully saturated rings. The molecule has 1 N–H and O–H groups in total. The predicted molar refractivity (Wildman–Crippen MR) is 57.6 cm³/mol. The minimum absolute atomic E-state index is 0.558. The van der Waals surface area contributed by atoms with E-state index in [0.29, 0.717) is 18.0 Å². The molecule has 0 aromatic carbocycles. The molecule has 1 aromatic heterocycles. The first kappa shape index (κ1) is 11.5. The van der Waals surface area contributed by atoms with Gasteiger partial charge in [0.25, 0.3) is 0 Å². The lowest BCUT2D eigenvalue weighted by Gasteiger charge is -2.20. The van der Waals surface area contributed by atoms with Crippen LogP contribution in [0, 0.1) is 6.92 Å². The second kappa shape index (κ2) is 3.91. The van der Waals surface area contributed by atoms with Gasteiger partial charge < -0.3 is 5.11 Å². The summed E-state index contributed by atoms with van der Waals surface area (Å²) in [6.07, 6.45) is 1.26. The summed E-state index contributed by atoms with van der Waals surface area (Å²) in [7, 11) is 1.81. The molecule has 0 aliphatic heterocycles. The summed E-state index contributed by atoms with van der Waals surface area (Å²) in [6, 6.07) is 0. The Morgan fingerprint density at radius 1 is 1.57 bits per heavy atom. The van der Waals surface area contributed by atoms with Gasteiger partial charge in [0.15, 0.2) is 0 Å². The Morgan fingerprint density at radius 2 is 2.14 bits per heavy atom. The molecule has 0 aliphatic rings. The first-order valence-corrected chi connectivity index (χ1v) is 5.15. The van der Waals surface area contributed by atoms with Crippen LogP contribution in [-0.2, 0) is 13.5 Å². The van der Waals surface area contributed by atoms with Crippen LogP contribution >= 0.6 is 11.6 Å². The topological polar surface area (TPSA) is 38.1 Å². The van der Waals surface area contributed by atoms with Gasteiger partial charge in [0, 0.05) is 19.0 Å². The molecule has 0 spiro atoms. The number of halogens is 1. The number of aliphatic hydroxyl groups is 1. The SMILES string of the molecule is CCC(C)(O)Cc1c(C)nn(C)c1Cl. The third-order valence-corrected chi connectivity index (χ3v) is 3.06. The van der Waals surface area contributed by atoms with Crippen molar-refractivity contribution in [3.05, 3.63) is 16.4 Å². The van der Waals surface area contributed by atoms with Crippen molar-refractivity contribution in [2.75, 3.05) is 0 Å². The maximum absolute atomic E-state index is 9.94. The van der Waals surface area contributed by atoms with Crippen LogP contribution in [0.15, 0.2) is 0 Å². The fraction of sp³-hybridized carbons (Fsp3) is 0.700. The van der Waals surface area contributed by atoms with Gasteiger partial charge in [-0.2, -0.15) is 5.10 Å². The van der Waals surface area contributed by atoms with Crippen molar-refractivity contribution < 1.29 is 5.11 Å². The molecule has 1 unspecified atom stereocenters. The number of rotatable bonds is 3. The standard InChI is InChI=1S/C10H17ClN2O/c1-5-10(3,14)6-8-7(2)12-13(4)9(8)11/h14H,5-6H2,1-4H3. The monoisotopic (exact) mass is 216 g/mol. The molecule has 0 radical (unpaired) electrons. The van der Waals surface area contributed by atoms with Crippen molar-refractivity contribution in [1.82, 2.24) is 9.78 Å². The summed E-state index contributed by atoms with van der Waals surface area (Å²) in [5, 5.41) is 14.8. The Hall–Kier alpha value is -0.540. The number of hydrogen-bond acceptors (Lipinski definition) is 2. The minimum atomic E-state index is -0.697. The van der Waals surface area contributed by atoms with Crippen LogP contribution in [0.2, 0.25) is 5.15 Å². The summed E-state index contributed by atoms with van der Waals surface area (Å²) in [5.41, 5.74) is 1.14. The zero-order valence-electron chi connectivity index (χ0n) is 9.13. The van der Waals surface area contributed by atoms with Crippen molar-refractivity contribution >= 4 is 11.6 Å². The molecule has 0 bridgehead atoms. The summed E-state index contributed by atoms with van der Waals surface area (Å²) < 4.78 is 1.64. The van der Waals surface area contributed by atoms with E-state index in [9.17, 15) is 5.11 Å². The highest BCUT2D eigenvalue weighted by molar-refractivity contribution is 6.30. The Balaban J connectivity index is 2.97. The van der Waals surface area contributed by atoms with Crippen molar-refractivity contribution in [2.45, 2.75) is 39.2 Å². The van der Waals surface area contributed by atoms with E-state index in [-0.39, 0.29) is 0 Å². The van der Waals surface area contributed by atoms with Crippen molar-refractivity contribution in [3.8, 4) is 0 Å². The van der Waals surface area contributed by atoms with Gasteiger partial charge >= 0.3 is 0 Å². The van der Waals surface area contributed by atoms with E-state index in [4.69, 9.17) is 11.6 Å². The third kappa shape index (κ3) is 2.28. The Labute approximate surface area is 89.7 Å². The molecule has 3 nitrogen and oxygen atoms in total. The van der Waals surface area contributed by atoms with Gasteiger partial charge in [0.05, 0.1) is 11.3 Å². The highest BCUT2D eigenvalue weighted by Crippen LogP contribution is 2.25. The molecule has 0 saturated carbocycles. The smallest absolute Gasteiger partial charge is 0.130 e. The Bertz CT molecular complexity index is 331. The zero-order chi connectivity index (χ0) is 10.9. The maximum atomic E-state index is 9.94. The molecule has 4 heteroatoms. The van der Waals surface area contributed by atoms with Gasteiger partial charge in [-0.3, -0.25) is 4.68 Å². The summed E-state index contributed by atoms with van der Waals surface area (Å²) in [4.78, 5) is 0. The van der Waals surface area contributed by atoms with Crippen LogP contribution in [-0.4, -0.2) is 20.5 Å². The predicted octanol–water partition coefficient (Wildman–Crippen LogP) is 2.09. The normalized spacial score (nSPS) is 15.6. The van der Waals surface area contributed by atoms with E-state index in [1.165, 1.54) is 0 Å². The van der Waals surface area contributed by atoms with Gasteiger partial charge in [-0.15, -0.1) is 0 Å². The van der Waals surface area contributed by atoms with Crippen LogP contribution in [0.25, 0.3) is 0 Å². The third-order valence-electron chi connectivity index (χ3n) is 2.59. The molecule has 1 rings (SSSR count). The average molecular weight is 217 g/mol. The van der Waals surface area contributed by atoms with Gasteiger partial charge in [0.2, 0.25) is 0 Å². The lowest BCUT2D eigenvalue weighted by atomic mass is 9.94. The van der Waals surface area contributed by atoms with Crippen LogP contribution < -0.4 is 0 Å². The van der Waals surface area contributed by atoms with Gasteiger partial charge in [-0.1, -0.05) is 18.5 Å². The van der Waals surface area contributed by atoms with E-state index in [1.807, 2.05) is 20.8 Å².